The van der Waals surface area contributed by atoms with E-state index in [9.17, 15) is 14.4 Å². The molecule has 0 saturated carbocycles. The molecule has 0 radical (unpaired) electrons. The molecule has 4 aromatic heterocycles. The molecule has 5 heterocycles. The maximum Gasteiger partial charge on any atom is 0.290 e. The van der Waals surface area contributed by atoms with Gasteiger partial charge in [0.25, 0.3) is 11.8 Å². The highest BCUT2D eigenvalue weighted by molar-refractivity contribution is 6.36. The van der Waals surface area contributed by atoms with Crippen LogP contribution in [0.5, 0.6) is 5.75 Å². The summed E-state index contributed by atoms with van der Waals surface area (Å²) in [7, 11) is 1.53. The summed E-state index contributed by atoms with van der Waals surface area (Å²) >= 11 is 0. The van der Waals surface area contributed by atoms with Crippen molar-refractivity contribution in [3.8, 4) is 17.1 Å². The molecular formula is C29H25N7O4. The number of hydrogen-bond donors (Lipinski definition) is 1. The smallest absolute Gasteiger partial charge is 0.290 e. The van der Waals surface area contributed by atoms with Gasteiger partial charge in [-0.2, -0.15) is 0 Å². The van der Waals surface area contributed by atoms with Crippen LogP contribution in [0.4, 0.5) is 0 Å². The Labute approximate surface area is 228 Å². The fourth-order valence-corrected chi connectivity index (χ4v) is 4.93. The number of ketones is 1. The summed E-state index contributed by atoms with van der Waals surface area (Å²) < 4.78 is 5.55. The molecule has 0 atom stereocenters. The average molecular weight is 536 g/mol. The average Bonchev–Trinajstić information content (AvgIpc) is 3.43. The second kappa shape index (κ2) is 10.5. The van der Waals surface area contributed by atoms with Crippen molar-refractivity contribution in [1.29, 1.82) is 0 Å². The molecule has 1 fully saturated rings. The molecule has 11 heteroatoms. The number of rotatable bonds is 6. The number of pyridine rings is 2. The summed E-state index contributed by atoms with van der Waals surface area (Å²) in [6, 6.07) is 12.7. The number of para-hydroxylation sites is 2. The fraction of sp³-hybridized carbons (Fsp3) is 0.207. The van der Waals surface area contributed by atoms with Crippen LogP contribution in [0.2, 0.25) is 0 Å². The Kier molecular flexibility index (Phi) is 6.61. The van der Waals surface area contributed by atoms with Crippen LogP contribution < -0.4 is 4.74 Å². The second-order valence-corrected chi connectivity index (χ2v) is 9.38. The molecule has 2 amide bonds. The zero-order chi connectivity index (χ0) is 27.6. The number of benzene rings is 1. The van der Waals surface area contributed by atoms with Crippen LogP contribution in [0.1, 0.15) is 16.1 Å². The Balaban J connectivity index is 1.20. The molecule has 200 valence electrons. The summed E-state index contributed by atoms with van der Waals surface area (Å²) in [4.78, 5) is 63.0. The van der Waals surface area contributed by atoms with E-state index >= 15 is 0 Å². The summed E-state index contributed by atoms with van der Waals surface area (Å²) in [5.41, 5.74) is 4.25. The maximum atomic E-state index is 13.1. The lowest BCUT2D eigenvalue weighted by Crippen LogP contribution is -2.52. The number of Topliss-reactive ketones (excluding diaryl/α,β-unsaturated/α-hetero) is 1. The molecule has 1 N–H and O–H groups in total. The van der Waals surface area contributed by atoms with Crippen molar-refractivity contribution in [2.75, 3.05) is 33.3 Å². The largest absolute Gasteiger partial charge is 0.494 e. The predicted octanol–water partition coefficient (Wildman–Crippen LogP) is 2.67. The topological polar surface area (TPSA) is 134 Å². The van der Waals surface area contributed by atoms with E-state index in [2.05, 4.69) is 19.9 Å². The third-order valence-electron chi connectivity index (χ3n) is 6.99. The van der Waals surface area contributed by atoms with Crippen LogP contribution in [0.25, 0.3) is 33.3 Å². The van der Waals surface area contributed by atoms with Crippen LogP contribution in [-0.2, 0) is 16.0 Å². The van der Waals surface area contributed by atoms with Gasteiger partial charge in [0.2, 0.25) is 5.78 Å². The number of fused-ring (bicyclic) bond motifs is 2. The third-order valence-corrected chi connectivity index (χ3v) is 6.99. The molecule has 0 spiro atoms. The zero-order valence-electron chi connectivity index (χ0n) is 21.7. The zero-order valence-corrected chi connectivity index (χ0v) is 21.7. The van der Waals surface area contributed by atoms with E-state index in [1.54, 1.807) is 47.9 Å². The van der Waals surface area contributed by atoms with E-state index in [0.717, 1.165) is 11.0 Å². The first-order valence-corrected chi connectivity index (χ1v) is 12.8. The van der Waals surface area contributed by atoms with Gasteiger partial charge in [0, 0.05) is 50.4 Å². The molecule has 1 saturated heterocycles. The molecule has 40 heavy (non-hydrogen) atoms. The lowest BCUT2D eigenvalue weighted by molar-refractivity contribution is -0.145. The number of ether oxygens (including phenoxy) is 1. The van der Waals surface area contributed by atoms with Crippen molar-refractivity contribution >= 4 is 39.5 Å². The number of nitrogens with zero attached hydrogens (tertiary/aromatic N) is 6. The SMILES string of the molecule is COc1cnc(-c2cnc3ccccc3n2)c2[nH]cc(CC(=O)C(=O)N3CCN(C(=O)c4ccccn4)CC3)c12. The summed E-state index contributed by atoms with van der Waals surface area (Å²) in [6.45, 7) is 1.21. The van der Waals surface area contributed by atoms with Crippen LogP contribution in [-0.4, -0.2) is 85.6 Å². The molecule has 0 unspecified atom stereocenters. The Morgan fingerprint density at radius 1 is 0.900 bits per heavy atom. The van der Waals surface area contributed by atoms with Gasteiger partial charge in [-0.1, -0.05) is 18.2 Å². The third kappa shape index (κ3) is 4.62. The van der Waals surface area contributed by atoms with Gasteiger partial charge in [-0.15, -0.1) is 0 Å². The minimum atomic E-state index is -0.576. The molecule has 0 aliphatic carbocycles. The van der Waals surface area contributed by atoms with Crippen LogP contribution in [0, 0.1) is 0 Å². The highest BCUT2D eigenvalue weighted by Gasteiger charge is 2.29. The highest BCUT2D eigenvalue weighted by Crippen LogP contribution is 2.34. The number of aromatic nitrogens is 5. The number of methoxy groups -OCH3 is 1. The first-order valence-electron chi connectivity index (χ1n) is 12.8. The molecule has 11 nitrogen and oxygen atoms in total. The number of hydrogen-bond acceptors (Lipinski definition) is 8. The van der Waals surface area contributed by atoms with Crippen molar-refractivity contribution in [1.82, 2.24) is 34.7 Å². The first kappa shape index (κ1) is 25.1. The van der Waals surface area contributed by atoms with Crippen LogP contribution >= 0.6 is 0 Å². The number of carbonyl (C=O) groups excluding carboxylic acids is 3. The normalized spacial score (nSPS) is 13.5. The molecule has 1 aliphatic heterocycles. The maximum absolute atomic E-state index is 13.1. The number of H-pyrrole nitrogens is 1. The van der Waals surface area contributed by atoms with Gasteiger partial charge < -0.3 is 19.5 Å². The van der Waals surface area contributed by atoms with Gasteiger partial charge >= 0.3 is 0 Å². The standard InChI is InChI=1S/C29H25N7O4/c1-40-24-17-33-26(22-16-31-19-6-2-3-7-20(19)34-22)27-25(24)18(15-32-27)14-23(37)29(39)36-12-10-35(11-13-36)28(38)21-8-4-5-9-30-21/h2-9,15-17,32H,10-14H2,1H3. The minimum Gasteiger partial charge on any atom is -0.494 e. The lowest BCUT2D eigenvalue weighted by Gasteiger charge is -2.34. The van der Waals surface area contributed by atoms with Gasteiger partial charge in [0.05, 0.1) is 36.1 Å². The monoisotopic (exact) mass is 535 g/mol. The van der Waals surface area contributed by atoms with E-state index in [-0.39, 0.29) is 25.4 Å². The molecule has 1 aliphatic rings. The first-order chi connectivity index (χ1) is 19.5. The second-order valence-electron chi connectivity index (χ2n) is 9.38. The molecular weight excluding hydrogens is 510 g/mol. The van der Waals surface area contributed by atoms with Gasteiger partial charge in [0.1, 0.15) is 22.8 Å². The molecule has 1 aromatic carbocycles. The Morgan fingerprint density at radius 2 is 1.65 bits per heavy atom. The summed E-state index contributed by atoms with van der Waals surface area (Å²) in [6.07, 6.45) is 6.39. The quantitative estimate of drug-likeness (QED) is 0.328. The summed E-state index contributed by atoms with van der Waals surface area (Å²) in [5, 5.41) is 0.661. The highest BCUT2D eigenvalue weighted by atomic mass is 16.5. The van der Waals surface area contributed by atoms with Crippen molar-refractivity contribution in [3.63, 3.8) is 0 Å². The Morgan fingerprint density at radius 3 is 2.40 bits per heavy atom. The fourth-order valence-electron chi connectivity index (χ4n) is 4.93. The van der Waals surface area contributed by atoms with Gasteiger partial charge in [0.15, 0.2) is 0 Å². The molecule has 6 rings (SSSR count). The number of piperazine rings is 1. The van der Waals surface area contributed by atoms with Crippen molar-refractivity contribution < 1.29 is 19.1 Å². The Hall–Kier alpha value is -5.19. The number of carbonyl (C=O) groups is 3. The molecule has 0 bridgehead atoms. The van der Waals surface area contributed by atoms with E-state index in [0.29, 0.717) is 52.4 Å². The van der Waals surface area contributed by atoms with Crippen LogP contribution in [0.15, 0.2) is 67.3 Å². The number of nitrogens with one attached hydrogen (secondary N) is 1. The Bertz CT molecular complexity index is 1740. The van der Waals surface area contributed by atoms with E-state index in [1.807, 2.05) is 24.3 Å². The minimum absolute atomic E-state index is 0.116. The van der Waals surface area contributed by atoms with E-state index < -0.39 is 11.7 Å². The number of amides is 2. The summed E-state index contributed by atoms with van der Waals surface area (Å²) in [5.74, 6) is -0.833. The van der Waals surface area contributed by atoms with Crippen molar-refractivity contribution in [3.05, 3.63) is 78.5 Å². The number of aromatic amines is 1. The van der Waals surface area contributed by atoms with E-state index in [1.165, 1.54) is 12.0 Å². The lowest BCUT2D eigenvalue weighted by atomic mass is 10.1. The van der Waals surface area contributed by atoms with Gasteiger partial charge in [-0.05, 0) is 29.8 Å². The van der Waals surface area contributed by atoms with Gasteiger partial charge in [-0.3, -0.25) is 24.4 Å². The predicted molar refractivity (Wildman–Crippen MR) is 147 cm³/mol. The van der Waals surface area contributed by atoms with Gasteiger partial charge in [-0.25, -0.2) is 9.97 Å². The van der Waals surface area contributed by atoms with Crippen molar-refractivity contribution in [2.24, 2.45) is 0 Å². The van der Waals surface area contributed by atoms with Crippen molar-refractivity contribution in [2.45, 2.75) is 6.42 Å². The molecule has 5 aromatic rings. The van der Waals surface area contributed by atoms with Crippen LogP contribution in [0.3, 0.4) is 0 Å². The van der Waals surface area contributed by atoms with E-state index in [4.69, 9.17) is 9.72 Å².